The Morgan fingerprint density at radius 1 is 1.00 bits per heavy atom. The molecule has 3 heteroatoms. The number of ketones is 1. The predicted molar refractivity (Wildman–Crippen MR) is 86.5 cm³/mol. The van der Waals surface area contributed by atoms with E-state index in [2.05, 4.69) is 5.32 Å². The van der Waals surface area contributed by atoms with Gasteiger partial charge in [0, 0.05) is 6.42 Å². The summed E-state index contributed by atoms with van der Waals surface area (Å²) in [6.45, 7) is 2.08. The van der Waals surface area contributed by atoms with Crippen LogP contribution in [0.5, 0.6) is 0 Å². The van der Waals surface area contributed by atoms with Crippen LogP contribution in [0.1, 0.15) is 30.9 Å². The third kappa shape index (κ3) is 2.47. The van der Waals surface area contributed by atoms with E-state index >= 15 is 0 Å². The van der Waals surface area contributed by atoms with Gasteiger partial charge in [0.25, 0.3) is 0 Å². The maximum Gasteiger partial charge on any atom is 0.161 e. The maximum absolute atomic E-state index is 12.0. The molecule has 2 N–H and O–H groups in total. The molecule has 3 nitrogen and oxygen atoms in total. The number of rotatable bonds is 3. The van der Waals surface area contributed by atoms with Crippen molar-refractivity contribution >= 4 is 5.78 Å². The molecule has 1 heterocycles. The molecule has 3 rings (SSSR count). The molecule has 1 fully saturated rings. The first-order valence-electron chi connectivity index (χ1n) is 7.66. The molecular formula is C19H21NO2. The number of carbonyl (C=O) groups is 1. The van der Waals surface area contributed by atoms with Crippen molar-refractivity contribution in [3.63, 3.8) is 0 Å². The average Bonchev–Trinajstić information content (AvgIpc) is 2.56. The Kier molecular flexibility index (Phi) is 3.85. The van der Waals surface area contributed by atoms with Crippen molar-refractivity contribution < 1.29 is 9.90 Å². The van der Waals surface area contributed by atoms with Crippen LogP contribution < -0.4 is 5.32 Å². The van der Waals surface area contributed by atoms with E-state index in [0.29, 0.717) is 19.4 Å². The molecule has 0 bridgehead atoms. The Balaban J connectivity index is 2.14. The van der Waals surface area contributed by atoms with Gasteiger partial charge in [0.1, 0.15) is 5.60 Å². The van der Waals surface area contributed by atoms with Crippen LogP contribution in [0, 0.1) is 0 Å². The summed E-state index contributed by atoms with van der Waals surface area (Å²) in [6.07, 6.45) is 0.799. The fourth-order valence-corrected chi connectivity index (χ4v) is 3.39. The minimum Gasteiger partial charge on any atom is -0.382 e. The molecule has 0 aliphatic carbocycles. The van der Waals surface area contributed by atoms with Crippen LogP contribution >= 0.6 is 0 Å². The van der Waals surface area contributed by atoms with Crippen LogP contribution in [-0.2, 0) is 10.3 Å². The van der Waals surface area contributed by atoms with Gasteiger partial charge in [-0.15, -0.1) is 0 Å². The summed E-state index contributed by atoms with van der Waals surface area (Å²) < 4.78 is 0. The Morgan fingerprint density at radius 3 is 1.95 bits per heavy atom. The van der Waals surface area contributed by atoms with Crippen molar-refractivity contribution in [3.8, 4) is 0 Å². The first-order chi connectivity index (χ1) is 10.6. The van der Waals surface area contributed by atoms with Gasteiger partial charge in [-0.05, 0) is 31.0 Å². The van der Waals surface area contributed by atoms with Crippen molar-refractivity contribution in [1.29, 1.82) is 0 Å². The number of Topliss-reactive ketones (excluding diaryl/α,β-unsaturated/α-hetero) is 1. The van der Waals surface area contributed by atoms with Crippen LogP contribution in [0.3, 0.4) is 0 Å². The van der Waals surface area contributed by atoms with Gasteiger partial charge in [0.05, 0.1) is 5.54 Å². The van der Waals surface area contributed by atoms with Crippen LogP contribution in [0.25, 0.3) is 0 Å². The summed E-state index contributed by atoms with van der Waals surface area (Å²) in [7, 11) is 0. The Bertz CT molecular complexity index is 614. The lowest BCUT2D eigenvalue weighted by Crippen LogP contribution is -2.58. The van der Waals surface area contributed by atoms with Crippen molar-refractivity contribution in [1.82, 2.24) is 5.32 Å². The lowest BCUT2D eigenvalue weighted by Gasteiger charge is -2.46. The summed E-state index contributed by atoms with van der Waals surface area (Å²) in [6, 6.07) is 20.1. The molecule has 1 saturated heterocycles. The number of aliphatic hydroxyl groups is 1. The van der Waals surface area contributed by atoms with Gasteiger partial charge in [0.2, 0.25) is 0 Å². The number of hydrogen-bond acceptors (Lipinski definition) is 3. The quantitative estimate of drug-likeness (QED) is 0.915. The van der Waals surface area contributed by atoms with E-state index in [1.165, 1.54) is 6.92 Å². The van der Waals surface area contributed by atoms with Crippen LogP contribution in [-0.4, -0.2) is 23.0 Å². The normalized spacial score (nSPS) is 23.9. The third-order valence-corrected chi connectivity index (χ3v) is 4.71. The molecule has 114 valence electrons. The zero-order chi connectivity index (χ0) is 15.6. The van der Waals surface area contributed by atoms with Crippen molar-refractivity contribution in [2.75, 3.05) is 6.54 Å². The molecule has 0 saturated carbocycles. The van der Waals surface area contributed by atoms with Gasteiger partial charge >= 0.3 is 0 Å². The molecule has 1 aliphatic rings. The Morgan fingerprint density at radius 2 is 1.50 bits per heavy atom. The number of carbonyl (C=O) groups excluding carboxylic acids is 1. The number of hydrogen-bond donors (Lipinski definition) is 2. The van der Waals surface area contributed by atoms with E-state index < -0.39 is 11.1 Å². The first kappa shape index (κ1) is 14.9. The highest BCUT2D eigenvalue weighted by molar-refractivity contribution is 5.85. The SMILES string of the molecule is CC(=O)C1(O)CCNC(c2ccccc2)(c2ccccc2)C1. The molecule has 2 aromatic carbocycles. The van der Waals surface area contributed by atoms with E-state index in [1.807, 2.05) is 60.7 Å². The van der Waals surface area contributed by atoms with Gasteiger partial charge < -0.3 is 10.4 Å². The van der Waals surface area contributed by atoms with E-state index in [0.717, 1.165) is 11.1 Å². The molecule has 0 spiro atoms. The third-order valence-electron chi connectivity index (χ3n) is 4.71. The van der Waals surface area contributed by atoms with Crippen molar-refractivity contribution in [3.05, 3.63) is 71.8 Å². The van der Waals surface area contributed by atoms with Crippen molar-refractivity contribution in [2.45, 2.75) is 30.9 Å². The van der Waals surface area contributed by atoms with Crippen LogP contribution in [0.2, 0.25) is 0 Å². The lowest BCUT2D eigenvalue weighted by molar-refractivity contribution is -0.140. The first-order valence-corrected chi connectivity index (χ1v) is 7.66. The average molecular weight is 295 g/mol. The predicted octanol–water partition coefficient (Wildman–Crippen LogP) is 2.63. The summed E-state index contributed by atoms with van der Waals surface area (Å²) in [4.78, 5) is 12.0. The summed E-state index contributed by atoms with van der Waals surface area (Å²) in [5.41, 5.74) is 0.319. The molecule has 1 aliphatic heterocycles. The molecule has 0 aromatic heterocycles. The fourth-order valence-electron chi connectivity index (χ4n) is 3.39. The summed E-state index contributed by atoms with van der Waals surface area (Å²) in [5, 5.41) is 14.4. The molecule has 2 aromatic rings. The standard InChI is InChI=1S/C19H21NO2/c1-15(21)18(22)12-13-20-19(14-18,16-8-4-2-5-9-16)17-10-6-3-7-11-17/h2-11,20,22H,12-14H2,1H3. The smallest absolute Gasteiger partial charge is 0.161 e. The molecule has 1 unspecified atom stereocenters. The molecular weight excluding hydrogens is 274 g/mol. The highest BCUT2D eigenvalue weighted by Crippen LogP contribution is 2.41. The van der Waals surface area contributed by atoms with Crippen LogP contribution in [0.4, 0.5) is 0 Å². The van der Waals surface area contributed by atoms with E-state index in [4.69, 9.17) is 0 Å². The zero-order valence-corrected chi connectivity index (χ0v) is 12.8. The fraction of sp³-hybridized carbons (Fsp3) is 0.316. The van der Waals surface area contributed by atoms with Crippen LogP contribution in [0.15, 0.2) is 60.7 Å². The number of nitrogens with one attached hydrogen (secondary N) is 1. The zero-order valence-electron chi connectivity index (χ0n) is 12.8. The number of piperidine rings is 1. The van der Waals surface area contributed by atoms with E-state index in [9.17, 15) is 9.90 Å². The highest BCUT2D eigenvalue weighted by Gasteiger charge is 2.48. The Hall–Kier alpha value is -1.97. The second kappa shape index (κ2) is 5.67. The molecule has 22 heavy (non-hydrogen) atoms. The largest absolute Gasteiger partial charge is 0.382 e. The second-order valence-electron chi connectivity index (χ2n) is 6.08. The summed E-state index contributed by atoms with van der Waals surface area (Å²) in [5.74, 6) is -0.162. The van der Waals surface area contributed by atoms with Crippen molar-refractivity contribution in [2.24, 2.45) is 0 Å². The maximum atomic E-state index is 12.0. The molecule has 0 radical (unpaired) electrons. The minimum atomic E-state index is -1.28. The van der Waals surface area contributed by atoms with Gasteiger partial charge in [-0.25, -0.2) is 0 Å². The number of benzene rings is 2. The van der Waals surface area contributed by atoms with Gasteiger partial charge in [-0.1, -0.05) is 60.7 Å². The van der Waals surface area contributed by atoms with Gasteiger partial charge in [-0.3, -0.25) is 4.79 Å². The van der Waals surface area contributed by atoms with Gasteiger partial charge in [0.15, 0.2) is 5.78 Å². The topological polar surface area (TPSA) is 49.3 Å². The van der Waals surface area contributed by atoms with E-state index in [1.54, 1.807) is 0 Å². The monoisotopic (exact) mass is 295 g/mol. The van der Waals surface area contributed by atoms with E-state index in [-0.39, 0.29) is 5.78 Å². The lowest BCUT2D eigenvalue weighted by atomic mass is 9.70. The summed E-state index contributed by atoms with van der Waals surface area (Å²) >= 11 is 0. The molecule has 0 amide bonds. The Labute approximate surface area is 131 Å². The molecule has 1 atom stereocenters. The van der Waals surface area contributed by atoms with Gasteiger partial charge in [-0.2, -0.15) is 0 Å². The minimum absolute atomic E-state index is 0.162. The second-order valence-corrected chi connectivity index (χ2v) is 6.08. The highest BCUT2D eigenvalue weighted by atomic mass is 16.3.